The molecule has 2 amide bonds. The fraction of sp³-hybridized carbons (Fsp3) is 0.292. The van der Waals surface area contributed by atoms with E-state index in [1.165, 1.54) is 24.3 Å². The first-order chi connectivity index (χ1) is 16.4. The first-order valence-corrected chi connectivity index (χ1v) is 10.6. The van der Waals surface area contributed by atoms with E-state index in [1.807, 2.05) is 0 Å². The third-order valence-corrected chi connectivity index (χ3v) is 5.37. The van der Waals surface area contributed by atoms with Crippen molar-refractivity contribution < 1.29 is 37.4 Å². The highest BCUT2D eigenvalue weighted by atomic mass is 19.3. The van der Waals surface area contributed by atoms with Crippen molar-refractivity contribution in [1.29, 1.82) is 0 Å². The summed E-state index contributed by atoms with van der Waals surface area (Å²) >= 11 is 0. The summed E-state index contributed by atoms with van der Waals surface area (Å²) in [6, 6.07) is 14.9. The number of urea groups is 1. The third kappa shape index (κ3) is 4.91. The van der Waals surface area contributed by atoms with Crippen LogP contribution >= 0.6 is 0 Å². The van der Waals surface area contributed by atoms with E-state index in [9.17, 15) is 14.4 Å². The van der Waals surface area contributed by atoms with Crippen LogP contribution in [0, 0.1) is 0 Å². The first-order valence-electron chi connectivity index (χ1n) is 10.6. The molecule has 2 aromatic carbocycles. The lowest BCUT2D eigenvalue weighted by molar-refractivity contribution is -0.153. The smallest absolute Gasteiger partial charge is 0.338 e. The Kier molecular flexibility index (Phi) is 6.87. The highest BCUT2D eigenvalue weighted by molar-refractivity contribution is 5.90. The van der Waals surface area contributed by atoms with Crippen molar-refractivity contribution in [3.05, 3.63) is 83.9 Å². The molecular weight excluding hydrogens is 450 g/mol. The average molecular weight is 472 g/mol. The molecule has 4 rings (SSSR count). The maximum atomic E-state index is 15.5. The Morgan fingerprint density at radius 1 is 1.00 bits per heavy atom. The minimum absolute atomic E-state index is 0.0669. The maximum absolute atomic E-state index is 15.5. The number of carbonyl (C=O) groups excluding carboxylic acids is 3. The maximum Gasteiger partial charge on any atom is 0.338 e. The minimum Gasteiger partial charge on any atom is -0.459 e. The zero-order chi connectivity index (χ0) is 24.1. The van der Waals surface area contributed by atoms with Crippen LogP contribution in [0.3, 0.4) is 0 Å². The number of halogens is 2. The Hall–Kier alpha value is -3.79. The summed E-state index contributed by atoms with van der Waals surface area (Å²) in [4.78, 5) is 38.1. The van der Waals surface area contributed by atoms with Crippen LogP contribution in [0.15, 0.2) is 72.8 Å². The fourth-order valence-corrected chi connectivity index (χ4v) is 3.66. The van der Waals surface area contributed by atoms with Crippen molar-refractivity contribution in [3.8, 4) is 0 Å². The molecule has 1 N–H and O–H groups in total. The van der Waals surface area contributed by atoms with Crippen LogP contribution in [-0.4, -0.2) is 66.9 Å². The predicted molar refractivity (Wildman–Crippen MR) is 115 cm³/mol. The van der Waals surface area contributed by atoms with Crippen molar-refractivity contribution in [1.82, 2.24) is 10.2 Å². The van der Waals surface area contributed by atoms with E-state index in [0.717, 1.165) is 4.90 Å². The van der Waals surface area contributed by atoms with E-state index >= 15 is 8.78 Å². The van der Waals surface area contributed by atoms with Crippen molar-refractivity contribution in [3.63, 3.8) is 0 Å². The molecule has 0 aromatic heterocycles. The predicted octanol–water partition coefficient (Wildman–Crippen LogP) is 3.01. The van der Waals surface area contributed by atoms with E-state index in [2.05, 4.69) is 5.32 Å². The summed E-state index contributed by atoms with van der Waals surface area (Å²) in [5.41, 5.74) is 0.288. The lowest BCUT2D eigenvalue weighted by Gasteiger charge is -2.30. The summed E-state index contributed by atoms with van der Waals surface area (Å²) in [7, 11) is 0. The van der Waals surface area contributed by atoms with Crippen molar-refractivity contribution in [2.75, 3.05) is 19.7 Å². The van der Waals surface area contributed by atoms with Gasteiger partial charge in [-0.05, 0) is 24.3 Å². The van der Waals surface area contributed by atoms with E-state index in [0.29, 0.717) is 0 Å². The molecule has 0 aliphatic carbocycles. The number of hydrogen-bond acceptors (Lipinski definition) is 6. The number of hydrogen-bond donors (Lipinski definition) is 1. The van der Waals surface area contributed by atoms with Gasteiger partial charge < -0.3 is 19.5 Å². The van der Waals surface area contributed by atoms with Gasteiger partial charge in [0.1, 0.15) is 12.7 Å². The third-order valence-electron chi connectivity index (χ3n) is 5.37. The Labute approximate surface area is 194 Å². The number of carbonyl (C=O) groups is 3. The summed E-state index contributed by atoms with van der Waals surface area (Å²) in [5.74, 6) is -5.53. The number of benzene rings is 2. The molecular formula is C24H22F2N2O6. The van der Waals surface area contributed by atoms with E-state index in [1.54, 1.807) is 48.6 Å². The average Bonchev–Trinajstić information content (AvgIpc) is 2.97. The summed E-state index contributed by atoms with van der Waals surface area (Å²) in [6.07, 6.45) is -2.49. The van der Waals surface area contributed by atoms with E-state index in [-0.39, 0.29) is 24.2 Å². The number of esters is 2. The van der Waals surface area contributed by atoms with Gasteiger partial charge >= 0.3 is 23.9 Å². The Morgan fingerprint density at radius 3 is 2.26 bits per heavy atom. The zero-order valence-corrected chi connectivity index (χ0v) is 17.9. The van der Waals surface area contributed by atoms with E-state index in [4.69, 9.17) is 14.2 Å². The number of nitrogens with one attached hydrogen (secondary N) is 1. The highest BCUT2D eigenvalue weighted by Gasteiger charge is 2.64. The second-order valence-corrected chi connectivity index (χ2v) is 7.67. The Balaban J connectivity index is 1.56. The molecule has 34 heavy (non-hydrogen) atoms. The molecule has 8 nitrogen and oxygen atoms in total. The van der Waals surface area contributed by atoms with Crippen molar-refractivity contribution in [2.45, 2.75) is 24.4 Å². The zero-order valence-electron chi connectivity index (χ0n) is 17.9. The van der Waals surface area contributed by atoms with Gasteiger partial charge in [0.15, 0.2) is 6.10 Å². The Morgan fingerprint density at radius 2 is 1.62 bits per heavy atom. The summed E-state index contributed by atoms with van der Waals surface area (Å²) < 4.78 is 47.0. The van der Waals surface area contributed by atoms with Gasteiger partial charge in [-0.2, -0.15) is 8.78 Å². The van der Waals surface area contributed by atoms with E-state index < -0.39 is 48.9 Å². The lowest BCUT2D eigenvalue weighted by atomic mass is 10.1. The number of ether oxygens (including phenoxy) is 3. The molecule has 2 aliphatic heterocycles. The molecule has 0 saturated carbocycles. The SMILES string of the molecule is O=C(OC[C@H]1O[C@@H](N2CC=CCNC2=O)C(F)(F)[C@@H]1OC(=O)c1ccccc1)c1ccccc1. The Bertz CT molecular complexity index is 1060. The molecule has 0 bridgehead atoms. The second kappa shape index (κ2) is 10.0. The molecule has 1 fully saturated rings. The van der Waals surface area contributed by atoms with Gasteiger partial charge in [0, 0.05) is 13.1 Å². The lowest BCUT2D eigenvalue weighted by Crippen LogP contribution is -2.54. The van der Waals surface area contributed by atoms with Gasteiger partial charge in [0.2, 0.25) is 6.23 Å². The first kappa shape index (κ1) is 23.4. The molecule has 1 saturated heterocycles. The largest absolute Gasteiger partial charge is 0.459 e. The molecule has 0 unspecified atom stereocenters. The van der Waals surface area contributed by atoms with Gasteiger partial charge in [-0.3, -0.25) is 4.90 Å². The highest BCUT2D eigenvalue weighted by Crippen LogP contribution is 2.40. The molecule has 2 aliphatic rings. The standard InChI is InChI=1S/C24H22F2N2O6/c25-24(26)19(34-21(30)17-11-5-2-6-12-17)18(15-32-20(29)16-9-3-1-4-10-16)33-22(24)28-14-8-7-13-27-23(28)31/h1-12,18-19,22H,13-15H2,(H,27,31)/t18-,19-,22-/m1/s1. The minimum atomic E-state index is -3.79. The van der Waals surface area contributed by atoms with Gasteiger partial charge in [-0.1, -0.05) is 48.6 Å². The molecule has 178 valence electrons. The topological polar surface area (TPSA) is 94.2 Å². The fourth-order valence-electron chi connectivity index (χ4n) is 3.66. The molecule has 2 aromatic rings. The van der Waals surface area contributed by atoms with Gasteiger partial charge in [-0.25, -0.2) is 14.4 Å². The normalized spacial score (nSPS) is 23.6. The van der Waals surface area contributed by atoms with Crippen LogP contribution in [0.5, 0.6) is 0 Å². The molecule has 2 heterocycles. The molecule has 3 atom stereocenters. The quantitative estimate of drug-likeness (QED) is 0.513. The van der Waals surface area contributed by atoms with Crippen LogP contribution in [0.25, 0.3) is 0 Å². The van der Waals surface area contributed by atoms with Crippen LogP contribution in [-0.2, 0) is 14.2 Å². The van der Waals surface area contributed by atoms with Crippen molar-refractivity contribution >= 4 is 18.0 Å². The second-order valence-electron chi connectivity index (χ2n) is 7.67. The van der Waals surface area contributed by atoms with Crippen LogP contribution in [0.2, 0.25) is 0 Å². The van der Waals surface area contributed by atoms with Crippen molar-refractivity contribution in [2.24, 2.45) is 0 Å². The van der Waals surface area contributed by atoms with Crippen LogP contribution in [0.1, 0.15) is 20.7 Å². The summed E-state index contributed by atoms with van der Waals surface area (Å²) in [5, 5.41) is 2.47. The van der Waals surface area contributed by atoms with Gasteiger partial charge in [-0.15, -0.1) is 0 Å². The van der Waals surface area contributed by atoms with Crippen LogP contribution in [0.4, 0.5) is 13.6 Å². The number of amides is 2. The molecule has 10 heteroatoms. The van der Waals surface area contributed by atoms with Gasteiger partial charge in [0.05, 0.1) is 11.1 Å². The molecule has 0 radical (unpaired) electrons. The van der Waals surface area contributed by atoms with Gasteiger partial charge in [0.25, 0.3) is 0 Å². The number of alkyl halides is 2. The number of nitrogens with zero attached hydrogens (tertiary/aromatic N) is 1. The monoisotopic (exact) mass is 472 g/mol. The van der Waals surface area contributed by atoms with Crippen LogP contribution < -0.4 is 5.32 Å². The molecule has 0 spiro atoms. The number of rotatable bonds is 6. The summed E-state index contributed by atoms with van der Waals surface area (Å²) in [6.45, 7) is -0.571.